The van der Waals surface area contributed by atoms with E-state index in [2.05, 4.69) is 0 Å². The number of esters is 1. The monoisotopic (exact) mass is 402 g/mol. The van der Waals surface area contributed by atoms with Crippen molar-refractivity contribution in [3.8, 4) is 5.75 Å². The Kier molecular flexibility index (Phi) is 6.60. The molecule has 0 radical (unpaired) electrons. The average Bonchev–Trinajstić information content (AvgIpc) is 2.74. The van der Waals surface area contributed by atoms with E-state index in [0.717, 1.165) is 0 Å². The van der Waals surface area contributed by atoms with Crippen LogP contribution < -0.4 is 4.74 Å². The molecule has 29 heavy (non-hydrogen) atoms. The first-order valence-electron chi connectivity index (χ1n) is 9.06. The predicted octanol–water partition coefficient (Wildman–Crippen LogP) is 0.933. The molecule has 0 amide bonds. The first kappa shape index (κ1) is 20.9. The predicted molar refractivity (Wildman–Crippen MR) is 100 cm³/mol. The van der Waals surface area contributed by atoms with Crippen LogP contribution >= 0.6 is 0 Å². The molecule has 8 heteroatoms. The van der Waals surface area contributed by atoms with Crippen molar-refractivity contribution in [2.75, 3.05) is 6.61 Å². The summed E-state index contributed by atoms with van der Waals surface area (Å²) >= 11 is 0. The number of carbonyl (C=O) groups excluding carboxylic acids is 2. The van der Waals surface area contributed by atoms with E-state index in [9.17, 15) is 24.9 Å². The maximum absolute atomic E-state index is 12.1. The molecule has 0 aliphatic carbocycles. The molecule has 1 aliphatic rings. The third-order valence-electron chi connectivity index (χ3n) is 4.57. The maximum atomic E-state index is 12.1. The smallest absolute Gasteiger partial charge is 0.338 e. The standard InChI is InChI=1S/C21H22O8/c1-12(22)13-7-9-15(10-8-13)28-21-19(25)18(24)17(23)16(29-21)11-27-20(26)14-5-3-2-4-6-14/h2-10,16-19,21,23-25H,11H2,1H3/t16-,17-,18+,19-,21-/m1/s1. The quantitative estimate of drug-likeness (QED) is 0.482. The summed E-state index contributed by atoms with van der Waals surface area (Å²) < 4.78 is 16.2. The first-order chi connectivity index (χ1) is 13.9. The highest BCUT2D eigenvalue weighted by Crippen LogP contribution is 2.25. The lowest BCUT2D eigenvalue weighted by molar-refractivity contribution is -0.277. The summed E-state index contributed by atoms with van der Waals surface area (Å²) in [5.41, 5.74) is 0.820. The molecule has 2 aromatic rings. The van der Waals surface area contributed by atoms with E-state index in [-0.39, 0.29) is 12.4 Å². The van der Waals surface area contributed by atoms with E-state index in [0.29, 0.717) is 16.9 Å². The molecule has 3 N–H and O–H groups in total. The lowest BCUT2D eigenvalue weighted by Crippen LogP contribution is -2.60. The molecule has 1 heterocycles. The summed E-state index contributed by atoms with van der Waals surface area (Å²) in [5, 5.41) is 30.4. The zero-order chi connectivity index (χ0) is 21.0. The number of carbonyl (C=O) groups is 2. The van der Waals surface area contributed by atoms with Crippen LogP contribution in [0.5, 0.6) is 5.75 Å². The Morgan fingerprint density at radius 1 is 0.897 bits per heavy atom. The van der Waals surface area contributed by atoms with Gasteiger partial charge in [-0.2, -0.15) is 0 Å². The second-order valence-corrected chi connectivity index (χ2v) is 6.68. The molecule has 3 rings (SSSR count). The van der Waals surface area contributed by atoms with Crippen molar-refractivity contribution in [2.24, 2.45) is 0 Å². The Morgan fingerprint density at radius 2 is 1.55 bits per heavy atom. The first-order valence-corrected chi connectivity index (χ1v) is 9.06. The van der Waals surface area contributed by atoms with Crippen LogP contribution in [0.3, 0.4) is 0 Å². The van der Waals surface area contributed by atoms with Crippen LogP contribution in [-0.2, 0) is 9.47 Å². The molecular formula is C21H22O8. The normalized spacial score (nSPS) is 26.6. The van der Waals surface area contributed by atoms with Crippen LogP contribution in [0.25, 0.3) is 0 Å². The summed E-state index contributed by atoms with van der Waals surface area (Å²) in [7, 11) is 0. The van der Waals surface area contributed by atoms with Crippen LogP contribution in [0.15, 0.2) is 54.6 Å². The van der Waals surface area contributed by atoms with E-state index in [1.807, 2.05) is 0 Å². The van der Waals surface area contributed by atoms with E-state index in [1.165, 1.54) is 19.1 Å². The van der Waals surface area contributed by atoms with E-state index in [4.69, 9.17) is 14.2 Å². The Balaban J connectivity index is 1.64. The van der Waals surface area contributed by atoms with Gasteiger partial charge in [0.25, 0.3) is 0 Å². The number of hydrogen-bond donors (Lipinski definition) is 3. The fourth-order valence-electron chi connectivity index (χ4n) is 2.87. The summed E-state index contributed by atoms with van der Waals surface area (Å²) in [6, 6.07) is 14.4. The molecule has 1 aliphatic heterocycles. The third kappa shape index (κ3) is 4.99. The van der Waals surface area contributed by atoms with Gasteiger partial charge >= 0.3 is 5.97 Å². The summed E-state index contributed by atoms with van der Waals surface area (Å²) in [6.45, 7) is 1.09. The fourth-order valence-corrected chi connectivity index (χ4v) is 2.87. The van der Waals surface area contributed by atoms with Crippen LogP contribution in [-0.4, -0.2) is 64.4 Å². The maximum Gasteiger partial charge on any atom is 0.338 e. The summed E-state index contributed by atoms with van der Waals surface area (Å²) in [4.78, 5) is 23.4. The van der Waals surface area contributed by atoms with Crippen molar-refractivity contribution in [2.45, 2.75) is 37.6 Å². The molecule has 2 aromatic carbocycles. The summed E-state index contributed by atoms with van der Waals surface area (Å²) in [6.07, 6.45) is -6.99. The van der Waals surface area contributed by atoms with Gasteiger partial charge in [0, 0.05) is 5.56 Å². The van der Waals surface area contributed by atoms with Gasteiger partial charge in [0.1, 0.15) is 36.8 Å². The van der Waals surface area contributed by atoms with Crippen molar-refractivity contribution in [3.63, 3.8) is 0 Å². The Morgan fingerprint density at radius 3 is 2.17 bits per heavy atom. The molecule has 1 fully saturated rings. The van der Waals surface area contributed by atoms with Crippen LogP contribution in [0.2, 0.25) is 0 Å². The summed E-state index contributed by atoms with van der Waals surface area (Å²) in [5.74, 6) is -0.425. The van der Waals surface area contributed by atoms with Gasteiger partial charge in [-0.05, 0) is 43.3 Å². The van der Waals surface area contributed by atoms with Gasteiger partial charge in [-0.15, -0.1) is 0 Å². The molecule has 5 atom stereocenters. The number of Topliss-reactive ketones (excluding diaryl/α,β-unsaturated/α-hetero) is 1. The van der Waals surface area contributed by atoms with E-state index < -0.39 is 36.7 Å². The number of aliphatic hydroxyl groups excluding tert-OH is 3. The molecule has 0 spiro atoms. The zero-order valence-corrected chi connectivity index (χ0v) is 15.7. The Hall–Kier alpha value is -2.78. The molecule has 0 bridgehead atoms. The second kappa shape index (κ2) is 9.15. The number of benzene rings is 2. The highest BCUT2D eigenvalue weighted by Gasteiger charge is 2.45. The minimum absolute atomic E-state index is 0.107. The van der Waals surface area contributed by atoms with Gasteiger partial charge < -0.3 is 29.5 Å². The van der Waals surface area contributed by atoms with Crippen LogP contribution in [0.4, 0.5) is 0 Å². The van der Waals surface area contributed by atoms with Crippen LogP contribution in [0, 0.1) is 0 Å². The molecule has 154 valence electrons. The van der Waals surface area contributed by atoms with Gasteiger partial charge in [-0.3, -0.25) is 4.79 Å². The SMILES string of the molecule is CC(=O)c1ccc(O[C@@H]2O[C@H](COC(=O)c3ccccc3)[C@@H](O)[C@H](O)[C@H]2O)cc1. The van der Waals surface area contributed by atoms with Gasteiger partial charge in [0.2, 0.25) is 6.29 Å². The number of ketones is 1. The van der Waals surface area contributed by atoms with E-state index in [1.54, 1.807) is 42.5 Å². The second-order valence-electron chi connectivity index (χ2n) is 6.68. The van der Waals surface area contributed by atoms with Crippen molar-refractivity contribution >= 4 is 11.8 Å². The van der Waals surface area contributed by atoms with Crippen molar-refractivity contribution in [3.05, 3.63) is 65.7 Å². The van der Waals surface area contributed by atoms with Crippen molar-refractivity contribution in [1.29, 1.82) is 0 Å². The molecule has 1 saturated heterocycles. The zero-order valence-electron chi connectivity index (χ0n) is 15.7. The highest BCUT2D eigenvalue weighted by atomic mass is 16.7. The van der Waals surface area contributed by atoms with Gasteiger partial charge in [-0.25, -0.2) is 4.79 Å². The van der Waals surface area contributed by atoms with Gasteiger partial charge in [0.15, 0.2) is 5.78 Å². The Labute approximate surface area is 167 Å². The molecule has 0 aromatic heterocycles. The fraction of sp³-hybridized carbons (Fsp3) is 0.333. The Bertz CT molecular complexity index is 836. The van der Waals surface area contributed by atoms with Gasteiger partial charge in [-0.1, -0.05) is 18.2 Å². The van der Waals surface area contributed by atoms with Crippen molar-refractivity contribution < 1.29 is 39.1 Å². The topological polar surface area (TPSA) is 123 Å². The minimum Gasteiger partial charge on any atom is -0.462 e. The van der Waals surface area contributed by atoms with Crippen molar-refractivity contribution in [1.82, 2.24) is 0 Å². The number of hydrogen-bond acceptors (Lipinski definition) is 8. The molecule has 8 nitrogen and oxygen atoms in total. The number of rotatable bonds is 6. The third-order valence-corrected chi connectivity index (χ3v) is 4.57. The minimum atomic E-state index is -1.56. The largest absolute Gasteiger partial charge is 0.462 e. The van der Waals surface area contributed by atoms with Gasteiger partial charge in [0.05, 0.1) is 5.56 Å². The number of ether oxygens (including phenoxy) is 3. The van der Waals surface area contributed by atoms with E-state index >= 15 is 0 Å². The highest BCUT2D eigenvalue weighted by molar-refractivity contribution is 5.94. The average molecular weight is 402 g/mol. The van der Waals surface area contributed by atoms with Crippen LogP contribution in [0.1, 0.15) is 27.6 Å². The lowest BCUT2D eigenvalue weighted by Gasteiger charge is -2.39. The lowest BCUT2D eigenvalue weighted by atomic mass is 9.99. The molecule has 0 unspecified atom stereocenters. The molecular weight excluding hydrogens is 380 g/mol. The number of aliphatic hydroxyl groups is 3. The molecule has 0 saturated carbocycles.